The minimum Gasteiger partial charge on any atom is -0.396 e. The van der Waals surface area contributed by atoms with Crippen LogP contribution in [0.5, 0.6) is 0 Å². The standard InChI is InChI=1S/2C18H27N3O.C3H4N2.CH4/c2*1-8-22-20-17(18-19-9-10-21(18)7)16-14(5)12(3)11(2)13(4)15(16)6;1-2-5-3-4-1;/h2*8-10H2,1-7H3;1-3H,(H,4,5);1H4. The number of hydrogen-bond acceptors (Lipinski definition) is 9. The van der Waals surface area contributed by atoms with Gasteiger partial charge in [-0.15, -0.1) is 0 Å². The summed E-state index contributed by atoms with van der Waals surface area (Å²) in [6, 6.07) is 0. The van der Waals surface area contributed by atoms with E-state index in [1.807, 2.05) is 13.8 Å². The molecule has 10 heteroatoms. The van der Waals surface area contributed by atoms with E-state index in [9.17, 15) is 0 Å². The topological polar surface area (TPSA) is 103 Å². The summed E-state index contributed by atoms with van der Waals surface area (Å²) in [5.41, 5.74) is 17.1. The van der Waals surface area contributed by atoms with E-state index in [0.29, 0.717) is 13.2 Å². The van der Waals surface area contributed by atoms with Crippen molar-refractivity contribution in [3.05, 3.63) is 85.5 Å². The Labute approximate surface area is 301 Å². The zero-order chi connectivity index (χ0) is 36.4. The van der Waals surface area contributed by atoms with Crippen molar-refractivity contribution < 1.29 is 9.68 Å². The number of H-pyrrole nitrogens is 1. The van der Waals surface area contributed by atoms with E-state index in [-0.39, 0.29) is 7.43 Å². The highest BCUT2D eigenvalue weighted by Gasteiger charge is 2.27. The number of imidazole rings is 1. The van der Waals surface area contributed by atoms with Crippen molar-refractivity contribution >= 4 is 23.1 Å². The quantitative estimate of drug-likeness (QED) is 0.194. The molecule has 0 atom stereocenters. The molecule has 2 aliphatic rings. The third kappa shape index (κ3) is 9.20. The van der Waals surface area contributed by atoms with E-state index >= 15 is 0 Å². The number of rotatable bonds is 8. The molecule has 5 rings (SSSR count). The van der Waals surface area contributed by atoms with Crippen molar-refractivity contribution in [3.63, 3.8) is 0 Å². The number of oxime groups is 2. The normalized spacial score (nSPS) is 14.3. The summed E-state index contributed by atoms with van der Waals surface area (Å²) in [7, 11) is 4.12. The number of benzene rings is 2. The molecule has 0 radical (unpaired) electrons. The first-order chi connectivity index (χ1) is 23.3. The fourth-order valence-electron chi connectivity index (χ4n) is 6.16. The van der Waals surface area contributed by atoms with E-state index in [1.165, 1.54) is 66.8 Å². The van der Waals surface area contributed by atoms with Gasteiger partial charge >= 0.3 is 0 Å². The third-order valence-corrected chi connectivity index (χ3v) is 9.99. The van der Waals surface area contributed by atoms with Gasteiger partial charge in [0.05, 0.1) is 19.4 Å². The number of nitrogens with one attached hydrogen (secondary N) is 1. The van der Waals surface area contributed by atoms with Gasteiger partial charge in [-0.1, -0.05) is 17.7 Å². The molecule has 0 unspecified atom stereocenters. The maximum atomic E-state index is 5.41. The van der Waals surface area contributed by atoms with Gasteiger partial charge in [0.25, 0.3) is 0 Å². The van der Waals surface area contributed by atoms with Crippen molar-refractivity contribution in [1.82, 2.24) is 19.8 Å². The Morgan fingerprint density at radius 3 is 1.18 bits per heavy atom. The Morgan fingerprint density at radius 2 is 0.960 bits per heavy atom. The predicted octanol–water partition coefficient (Wildman–Crippen LogP) is 7.67. The van der Waals surface area contributed by atoms with E-state index in [4.69, 9.17) is 9.68 Å². The van der Waals surface area contributed by atoms with Gasteiger partial charge in [-0.2, -0.15) is 0 Å². The molecule has 274 valence electrons. The van der Waals surface area contributed by atoms with Crippen LogP contribution < -0.4 is 0 Å². The van der Waals surface area contributed by atoms with Crippen molar-refractivity contribution in [2.24, 2.45) is 20.3 Å². The number of nitrogens with zero attached hydrogens (tertiary/aromatic N) is 7. The highest BCUT2D eigenvalue weighted by Crippen LogP contribution is 2.29. The fourth-order valence-corrected chi connectivity index (χ4v) is 6.16. The summed E-state index contributed by atoms with van der Waals surface area (Å²) < 4.78 is 0. The Kier molecular flexibility index (Phi) is 15.9. The molecular formula is C40H62N8O2. The lowest BCUT2D eigenvalue weighted by Gasteiger charge is -2.22. The Morgan fingerprint density at radius 1 is 0.620 bits per heavy atom. The fraction of sp³-hybridized carbons (Fsp3) is 0.525. The largest absolute Gasteiger partial charge is 0.396 e. The number of amidine groups is 2. The highest BCUT2D eigenvalue weighted by atomic mass is 16.6. The smallest absolute Gasteiger partial charge is 0.153 e. The SMILES string of the molecule is C.CCON=C(C1=NCCN1C)c1c(C)c(C)c(C)c(C)c1C.CCON=C(C1=NCCN1C)c1c(C)c(C)c(C)c(C)c1C.c1c[nH]cn1. The van der Waals surface area contributed by atoms with Crippen LogP contribution in [0.15, 0.2) is 39.0 Å². The maximum Gasteiger partial charge on any atom is 0.153 e. The zero-order valence-corrected chi connectivity index (χ0v) is 32.4. The van der Waals surface area contributed by atoms with E-state index < -0.39 is 0 Å². The second-order valence-corrected chi connectivity index (χ2v) is 12.7. The Bertz CT molecular complexity index is 1530. The molecule has 0 saturated carbocycles. The van der Waals surface area contributed by atoms with Gasteiger partial charge in [0.15, 0.2) is 23.1 Å². The zero-order valence-electron chi connectivity index (χ0n) is 32.4. The average Bonchev–Trinajstić information content (AvgIpc) is 3.90. The van der Waals surface area contributed by atoms with E-state index in [0.717, 1.165) is 49.3 Å². The summed E-state index contributed by atoms with van der Waals surface area (Å²) >= 11 is 0. The first-order valence-electron chi connectivity index (χ1n) is 17.3. The molecule has 10 nitrogen and oxygen atoms in total. The Balaban J connectivity index is 0.000000298. The number of aromatic amines is 1. The summed E-state index contributed by atoms with van der Waals surface area (Å²) in [5.74, 6) is 1.87. The second-order valence-electron chi connectivity index (χ2n) is 12.7. The molecule has 2 aliphatic heterocycles. The first-order valence-corrected chi connectivity index (χ1v) is 17.3. The van der Waals surface area contributed by atoms with Crippen molar-refractivity contribution in [2.45, 2.75) is 90.5 Å². The molecule has 0 aliphatic carbocycles. The van der Waals surface area contributed by atoms with Crippen LogP contribution in [0.25, 0.3) is 0 Å². The third-order valence-electron chi connectivity index (χ3n) is 9.99. The molecule has 1 aromatic heterocycles. The summed E-state index contributed by atoms with van der Waals surface area (Å²) in [6.45, 7) is 30.3. The number of likely N-dealkylation sites (N-methyl/N-ethyl adjacent to an activating group) is 2. The number of hydrogen-bond donors (Lipinski definition) is 1. The summed E-state index contributed by atoms with van der Waals surface area (Å²) in [6.07, 6.45) is 5.08. The van der Waals surface area contributed by atoms with Crippen LogP contribution in [-0.2, 0) is 9.68 Å². The van der Waals surface area contributed by atoms with Crippen LogP contribution in [0.2, 0.25) is 0 Å². The molecule has 1 N–H and O–H groups in total. The average molecular weight is 687 g/mol. The predicted molar refractivity (Wildman–Crippen MR) is 212 cm³/mol. The Hall–Kier alpha value is -4.47. The van der Waals surface area contributed by atoms with Crippen LogP contribution >= 0.6 is 0 Å². The van der Waals surface area contributed by atoms with Crippen LogP contribution in [0, 0.1) is 69.2 Å². The molecule has 2 aromatic carbocycles. The van der Waals surface area contributed by atoms with Crippen LogP contribution in [0.3, 0.4) is 0 Å². The number of aliphatic imine (C=N–C) groups is 2. The van der Waals surface area contributed by atoms with Gasteiger partial charge in [-0.25, -0.2) is 4.98 Å². The van der Waals surface area contributed by atoms with Gasteiger partial charge in [-0.05, 0) is 139 Å². The van der Waals surface area contributed by atoms with Crippen molar-refractivity contribution in [2.75, 3.05) is 53.5 Å². The van der Waals surface area contributed by atoms with Gasteiger partial charge < -0.3 is 24.5 Å². The van der Waals surface area contributed by atoms with Crippen molar-refractivity contribution in [3.8, 4) is 0 Å². The minimum atomic E-state index is 0. The van der Waals surface area contributed by atoms with E-state index in [2.05, 4.69) is 123 Å². The summed E-state index contributed by atoms with van der Waals surface area (Å²) in [4.78, 5) is 30.8. The molecule has 50 heavy (non-hydrogen) atoms. The molecule has 0 amide bonds. The van der Waals surface area contributed by atoms with Gasteiger partial charge in [0, 0.05) is 50.7 Å². The maximum absolute atomic E-state index is 5.41. The van der Waals surface area contributed by atoms with Crippen LogP contribution in [-0.4, -0.2) is 96.4 Å². The second kappa shape index (κ2) is 19.1. The monoisotopic (exact) mass is 686 g/mol. The van der Waals surface area contributed by atoms with Gasteiger partial charge in [0.1, 0.15) is 13.2 Å². The highest BCUT2D eigenvalue weighted by molar-refractivity contribution is 6.48. The van der Waals surface area contributed by atoms with E-state index in [1.54, 1.807) is 18.7 Å². The molecule has 3 aromatic rings. The van der Waals surface area contributed by atoms with Gasteiger partial charge in [0.2, 0.25) is 0 Å². The summed E-state index contributed by atoms with van der Waals surface area (Å²) in [5, 5.41) is 8.85. The van der Waals surface area contributed by atoms with Crippen molar-refractivity contribution in [1.29, 1.82) is 0 Å². The molecule has 3 heterocycles. The first kappa shape index (κ1) is 41.7. The minimum absolute atomic E-state index is 0. The molecule has 0 bridgehead atoms. The van der Waals surface area contributed by atoms with Crippen LogP contribution in [0.1, 0.15) is 88.0 Å². The lowest BCUT2D eigenvalue weighted by atomic mass is 9.87. The molecule has 0 saturated heterocycles. The van der Waals surface area contributed by atoms with Gasteiger partial charge in [-0.3, -0.25) is 9.98 Å². The number of aromatic nitrogens is 2. The molecular weight excluding hydrogens is 624 g/mol. The van der Waals surface area contributed by atoms with Crippen LogP contribution in [0.4, 0.5) is 0 Å². The molecule has 0 fully saturated rings. The molecule has 0 spiro atoms. The lowest BCUT2D eigenvalue weighted by Crippen LogP contribution is -2.32. The lowest BCUT2D eigenvalue weighted by molar-refractivity contribution is 0.159.